The number of amides is 2. The molecule has 8 heteroatoms. The summed E-state index contributed by atoms with van der Waals surface area (Å²) in [5, 5.41) is 4.17. The first kappa shape index (κ1) is 20.4. The molecule has 1 saturated heterocycles. The van der Waals surface area contributed by atoms with Gasteiger partial charge in [0.15, 0.2) is 0 Å². The molecule has 0 bridgehead atoms. The van der Waals surface area contributed by atoms with Crippen LogP contribution in [0.4, 0.5) is 4.79 Å². The number of aryl methyl sites for hydroxylation is 1. The number of para-hydroxylation sites is 1. The quantitative estimate of drug-likeness (QED) is 0.616. The van der Waals surface area contributed by atoms with Crippen LogP contribution >= 0.6 is 0 Å². The largest absolute Gasteiger partial charge is 0.347 e. The van der Waals surface area contributed by atoms with Crippen molar-refractivity contribution in [2.45, 2.75) is 17.9 Å². The van der Waals surface area contributed by atoms with Crippen LogP contribution in [0.3, 0.4) is 0 Å². The van der Waals surface area contributed by atoms with Crippen molar-refractivity contribution in [1.82, 2.24) is 19.1 Å². The van der Waals surface area contributed by atoms with Crippen molar-refractivity contribution in [2.75, 3.05) is 32.7 Å². The van der Waals surface area contributed by atoms with Crippen molar-refractivity contribution in [3.63, 3.8) is 0 Å². The van der Waals surface area contributed by atoms with Crippen LogP contribution in [-0.2, 0) is 16.6 Å². The molecular formula is C22H26N4O3S. The van der Waals surface area contributed by atoms with E-state index in [1.807, 2.05) is 12.1 Å². The van der Waals surface area contributed by atoms with Gasteiger partial charge in [-0.25, -0.2) is 13.2 Å². The summed E-state index contributed by atoms with van der Waals surface area (Å²) in [6.45, 7) is 2.80. The first-order valence-corrected chi connectivity index (χ1v) is 11.6. The highest BCUT2D eigenvalue weighted by Gasteiger charge is 2.29. The fourth-order valence-corrected chi connectivity index (χ4v) is 5.21. The number of rotatable bonds is 6. The standard InChI is InChI=1S/C22H26N4O3S/c27-22(23-12-6-13-24-14-11-19-7-4-5-10-21(19)24)25-15-17-26(18-16-25)30(28,29)20-8-2-1-3-9-20/h1-5,7-11,14H,6,12-13,15-18H2,(H,23,27). The fourth-order valence-electron chi connectivity index (χ4n) is 3.77. The summed E-state index contributed by atoms with van der Waals surface area (Å²) < 4.78 is 29.0. The third kappa shape index (κ3) is 4.34. The van der Waals surface area contributed by atoms with Crippen LogP contribution in [0.1, 0.15) is 6.42 Å². The number of sulfonamides is 1. The molecule has 3 aromatic rings. The second kappa shape index (κ2) is 8.89. The zero-order valence-electron chi connectivity index (χ0n) is 16.8. The molecular weight excluding hydrogens is 400 g/mol. The molecule has 0 atom stereocenters. The molecule has 0 radical (unpaired) electrons. The first-order valence-electron chi connectivity index (χ1n) is 10.2. The minimum absolute atomic E-state index is 0.135. The molecule has 4 rings (SSSR count). The molecule has 1 aliphatic rings. The number of carbonyl (C=O) groups excluding carboxylic acids is 1. The Bertz CT molecular complexity index is 1100. The number of urea groups is 1. The lowest BCUT2D eigenvalue weighted by Crippen LogP contribution is -2.53. The van der Waals surface area contributed by atoms with E-state index in [1.165, 1.54) is 15.2 Å². The van der Waals surface area contributed by atoms with Crippen molar-refractivity contribution in [2.24, 2.45) is 0 Å². The average molecular weight is 427 g/mol. The maximum atomic E-state index is 12.7. The van der Waals surface area contributed by atoms with Gasteiger partial charge in [0.05, 0.1) is 4.90 Å². The number of hydrogen-bond donors (Lipinski definition) is 1. The molecule has 7 nitrogen and oxygen atoms in total. The average Bonchev–Trinajstić information content (AvgIpc) is 3.20. The molecule has 0 unspecified atom stereocenters. The lowest BCUT2D eigenvalue weighted by Gasteiger charge is -2.34. The van der Waals surface area contributed by atoms with E-state index in [1.54, 1.807) is 35.2 Å². The molecule has 2 heterocycles. The molecule has 1 N–H and O–H groups in total. The topological polar surface area (TPSA) is 74.7 Å². The number of nitrogens with one attached hydrogen (secondary N) is 1. The SMILES string of the molecule is O=C(NCCCn1ccc2ccccc21)N1CCN(S(=O)(=O)c2ccccc2)CC1. The number of piperazine rings is 1. The van der Waals surface area contributed by atoms with E-state index in [4.69, 9.17) is 0 Å². The number of hydrogen-bond acceptors (Lipinski definition) is 3. The summed E-state index contributed by atoms with van der Waals surface area (Å²) in [6.07, 6.45) is 2.89. The Labute approximate surface area is 176 Å². The lowest BCUT2D eigenvalue weighted by molar-refractivity contribution is 0.172. The highest BCUT2D eigenvalue weighted by molar-refractivity contribution is 7.89. The Morgan fingerprint density at radius 3 is 2.37 bits per heavy atom. The Hall–Kier alpha value is -2.84. The van der Waals surface area contributed by atoms with Gasteiger partial charge in [0.25, 0.3) is 0 Å². The van der Waals surface area contributed by atoms with Gasteiger partial charge < -0.3 is 14.8 Å². The predicted octanol–water partition coefficient (Wildman–Crippen LogP) is 2.75. The maximum absolute atomic E-state index is 12.7. The highest BCUT2D eigenvalue weighted by Crippen LogP contribution is 2.17. The van der Waals surface area contributed by atoms with Gasteiger partial charge in [-0.3, -0.25) is 0 Å². The second-order valence-corrected chi connectivity index (χ2v) is 9.30. The van der Waals surface area contributed by atoms with E-state index in [-0.39, 0.29) is 6.03 Å². The molecule has 1 aromatic heterocycles. The van der Waals surface area contributed by atoms with E-state index < -0.39 is 10.0 Å². The number of benzene rings is 2. The van der Waals surface area contributed by atoms with Crippen LogP contribution < -0.4 is 5.32 Å². The predicted molar refractivity (Wildman–Crippen MR) is 117 cm³/mol. The zero-order chi connectivity index (χ0) is 21.0. The maximum Gasteiger partial charge on any atom is 0.317 e. The molecule has 2 amide bonds. The third-order valence-electron chi connectivity index (χ3n) is 5.44. The normalized spacial score (nSPS) is 15.4. The molecule has 1 aliphatic heterocycles. The number of aromatic nitrogens is 1. The van der Waals surface area contributed by atoms with Gasteiger partial charge in [-0.2, -0.15) is 4.31 Å². The summed E-state index contributed by atoms with van der Waals surface area (Å²) in [7, 11) is -3.50. The minimum Gasteiger partial charge on any atom is -0.347 e. The molecule has 0 spiro atoms. The van der Waals surface area contributed by atoms with Crippen LogP contribution in [0.5, 0.6) is 0 Å². The van der Waals surface area contributed by atoms with Crippen molar-refractivity contribution in [1.29, 1.82) is 0 Å². The third-order valence-corrected chi connectivity index (χ3v) is 7.35. The van der Waals surface area contributed by atoms with E-state index in [0.29, 0.717) is 37.6 Å². The summed E-state index contributed by atoms with van der Waals surface area (Å²) in [5.41, 5.74) is 1.19. The van der Waals surface area contributed by atoms with Crippen molar-refractivity contribution < 1.29 is 13.2 Å². The molecule has 30 heavy (non-hydrogen) atoms. The summed E-state index contributed by atoms with van der Waals surface area (Å²) >= 11 is 0. The van der Waals surface area contributed by atoms with Gasteiger partial charge in [0, 0.05) is 51.0 Å². The highest BCUT2D eigenvalue weighted by atomic mass is 32.2. The molecule has 0 saturated carbocycles. The van der Waals surface area contributed by atoms with Crippen LogP contribution in [-0.4, -0.2) is 60.9 Å². The molecule has 0 aliphatic carbocycles. The van der Waals surface area contributed by atoms with E-state index in [0.717, 1.165) is 13.0 Å². The molecule has 158 valence electrons. The van der Waals surface area contributed by atoms with Gasteiger partial charge in [-0.1, -0.05) is 36.4 Å². The number of fused-ring (bicyclic) bond motifs is 1. The fraction of sp³-hybridized carbons (Fsp3) is 0.318. The monoisotopic (exact) mass is 426 g/mol. The molecule has 2 aromatic carbocycles. The van der Waals surface area contributed by atoms with Crippen LogP contribution in [0.2, 0.25) is 0 Å². The van der Waals surface area contributed by atoms with Gasteiger partial charge in [0.1, 0.15) is 0 Å². The van der Waals surface area contributed by atoms with E-state index >= 15 is 0 Å². The first-order chi connectivity index (χ1) is 14.6. The Morgan fingerprint density at radius 2 is 1.60 bits per heavy atom. The van der Waals surface area contributed by atoms with E-state index in [2.05, 4.69) is 34.3 Å². The van der Waals surface area contributed by atoms with Crippen LogP contribution in [0.15, 0.2) is 71.8 Å². The van der Waals surface area contributed by atoms with Gasteiger partial charge >= 0.3 is 6.03 Å². The lowest BCUT2D eigenvalue weighted by atomic mass is 10.2. The minimum atomic E-state index is -3.50. The summed E-state index contributed by atoms with van der Waals surface area (Å²) in [6, 6.07) is 18.6. The summed E-state index contributed by atoms with van der Waals surface area (Å²) in [4.78, 5) is 14.4. The van der Waals surface area contributed by atoms with Crippen LogP contribution in [0, 0.1) is 0 Å². The number of carbonyl (C=O) groups is 1. The van der Waals surface area contributed by atoms with Crippen LogP contribution in [0.25, 0.3) is 10.9 Å². The molecule has 1 fully saturated rings. The van der Waals surface area contributed by atoms with E-state index in [9.17, 15) is 13.2 Å². The Balaban J connectivity index is 1.23. The zero-order valence-corrected chi connectivity index (χ0v) is 17.6. The Morgan fingerprint density at radius 1 is 0.900 bits per heavy atom. The van der Waals surface area contributed by atoms with Gasteiger partial charge in [0.2, 0.25) is 10.0 Å². The number of nitrogens with zero attached hydrogens (tertiary/aromatic N) is 3. The van der Waals surface area contributed by atoms with Crippen molar-refractivity contribution in [3.8, 4) is 0 Å². The second-order valence-electron chi connectivity index (χ2n) is 7.36. The van der Waals surface area contributed by atoms with Gasteiger partial charge in [-0.05, 0) is 36.1 Å². The van der Waals surface area contributed by atoms with Crippen molar-refractivity contribution in [3.05, 3.63) is 66.9 Å². The van der Waals surface area contributed by atoms with Crippen molar-refractivity contribution >= 4 is 27.0 Å². The smallest absolute Gasteiger partial charge is 0.317 e. The van der Waals surface area contributed by atoms with Gasteiger partial charge in [-0.15, -0.1) is 0 Å². The summed E-state index contributed by atoms with van der Waals surface area (Å²) in [5.74, 6) is 0. The Kier molecular flexibility index (Phi) is 6.06.